The van der Waals surface area contributed by atoms with Crippen molar-refractivity contribution in [2.75, 3.05) is 14.2 Å². The van der Waals surface area contributed by atoms with Crippen molar-refractivity contribution in [3.63, 3.8) is 0 Å². The van der Waals surface area contributed by atoms with Crippen molar-refractivity contribution < 1.29 is 9.47 Å². The van der Waals surface area contributed by atoms with Crippen molar-refractivity contribution in [2.45, 2.75) is 0 Å². The summed E-state index contributed by atoms with van der Waals surface area (Å²) in [6.45, 7) is 0. The molecule has 0 radical (unpaired) electrons. The second-order valence-electron chi connectivity index (χ2n) is 4.94. The Morgan fingerprint density at radius 3 is 1.32 bits per heavy atom. The van der Waals surface area contributed by atoms with E-state index in [9.17, 15) is 0 Å². The molecule has 3 aliphatic heterocycles. The Hall–Kier alpha value is 0.300. The molecule has 22 heavy (non-hydrogen) atoms. The van der Waals surface area contributed by atoms with Crippen LogP contribution in [0.15, 0.2) is 48.5 Å². The maximum atomic E-state index is 5.28. The molecule has 3 saturated heterocycles. The molecule has 0 aromatic heterocycles. The zero-order chi connectivity index (χ0) is 15.2. The predicted molar refractivity (Wildman–Crippen MR) is 112 cm³/mol. The molecule has 0 spiro atoms. The van der Waals surface area contributed by atoms with Gasteiger partial charge in [0, 0.05) is 0 Å². The van der Waals surface area contributed by atoms with Gasteiger partial charge in [0.25, 0.3) is 0 Å². The number of fused-ring (bicyclic) bond motifs is 1. The van der Waals surface area contributed by atoms with E-state index < -0.39 is 9.74 Å². The quantitative estimate of drug-likeness (QED) is 0.488. The molecular weight excluding hydrogens is 390 g/mol. The van der Waals surface area contributed by atoms with Crippen LogP contribution < -0.4 is 20.1 Å². The van der Waals surface area contributed by atoms with Gasteiger partial charge in [-0.05, 0) is 0 Å². The van der Waals surface area contributed by atoms with Crippen LogP contribution in [0.4, 0.5) is 0 Å². The number of benzene rings is 2. The zero-order valence-corrected chi connectivity index (χ0v) is 17.3. The summed E-state index contributed by atoms with van der Waals surface area (Å²) in [6, 6.07) is 17.4. The van der Waals surface area contributed by atoms with E-state index in [1.54, 1.807) is 14.2 Å². The minimum atomic E-state index is -1.44. The molecule has 5 rings (SSSR count). The van der Waals surface area contributed by atoms with Crippen LogP contribution >= 0.6 is 52.6 Å². The van der Waals surface area contributed by atoms with E-state index in [1.165, 1.54) is 10.6 Å². The van der Waals surface area contributed by atoms with Crippen molar-refractivity contribution in [1.29, 1.82) is 0 Å². The predicted octanol–water partition coefficient (Wildman–Crippen LogP) is 5.52. The monoisotopic (exact) mass is 406 g/mol. The van der Waals surface area contributed by atoms with E-state index in [4.69, 9.17) is 9.47 Å². The van der Waals surface area contributed by atoms with Crippen LogP contribution in [0.2, 0.25) is 0 Å². The molecule has 2 bridgehead atoms. The van der Waals surface area contributed by atoms with Crippen molar-refractivity contribution in [2.24, 2.45) is 0 Å². The molecule has 0 saturated carbocycles. The van der Waals surface area contributed by atoms with Gasteiger partial charge in [-0.1, -0.05) is 0 Å². The second kappa shape index (κ2) is 5.98. The molecular formula is C14H16O2P2S4. The average molecular weight is 406 g/mol. The van der Waals surface area contributed by atoms with Crippen LogP contribution in [0.1, 0.15) is 0 Å². The van der Waals surface area contributed by atoms with E-state index in [0.717, 1.165) is 11.5 Å². The van der Waals surface area contributed by atoms with Gasteiger partial charge in [0.15, 0.2) is 0 Å². The van der Waals surface area contributed by atoms with Crippen LogP contribution in [-0.2, 0) is 0 Å². The van der Waals surface area contributed by atoms with E-state index in [2.05, 4.69) is 91.4 Å². The summed E-state index contributed by atoms with van der Waals surface area (Å²) in [5.41, 5.74) is 0. The topological polar surface area (TPSA) is 18.5 Å². The third kappa shape index (κ3) is 2.47. The zero-order valence-electron chi connectivity index (χ0n) is 12.1. The van der Waals surface area contributed by atoms with Gasteiger partial charge in [-0.3, -0.25) is 0 Å². The van der Waals surface area contributed by atoms with Crippen LogP contribution in [0, 0.1) is 0 Å². The van der Waals surface area contributed by atoms with Crippen molar-refractivity contribution in [3.05, 3.63) is 48.5 Å². The third-order valence-electron chi connectivity index (χ3n) is 3.69. The molecule has 0 unspecified atom stereocenters. The molecule has 3 heterocycles. The standard InChI is InChI=1S/C14H16O2P2S4/c1-15-11-3-7-13(8-4-11)17-19-18(20-17,22-21-17)14-9-5-12(16-2)6-10-14/h3-10,17-18H,1-2H3. The first-order valence-corrected chi connectivity index (χ1v) is 18.9. The number of methoxy groups -OCH3 is 2. The van der Waals surface area contributed by atoms with Crippen molar-refractivity contribution >= 4 is 63.2 Å². The number of ether oxygens (including phenoxy) is 2. The molecule has 2 aromatic rings. The molecule has 3 aliphatic rings. The van der Waals surface area contributed by atoms with E-state index in [1.807, 2.05) is 0 Å². The van der Waals surface area contributed by atoms with Gasteiger partial charge in [-0.25, -0.2) is 0 Å². The first kappa shape index (κ1) is 15.8. The summed E-state index contributed by atoms with van der Waals surface area (Å²) in [5, 5.41) is 3.05. The molecule has 2 nitrogen and oxygen atoms in total. The summed E-state index contributed by atoms with van der Waals surface area (Å²) < 4.78 is 10.6. The fourth-order valence-electron chi connectivity index (χ4n) is 2.46. The molecule has 0 atom stereocenters. The fraction of sp³-hybridized carbons (Fsp3) is 0.143. The normalized spacial score (nSPS) is 23.2. The fourth-order valence-corrected chi connectivity index (χ4v) is 93.6. The molecule has 0 N–H and O–H groups in total. The molecule has 8 heteroatoms. The van der Waals surface area contributed by atoms with Gasteiger partial charge in [-0.15, -0.1) is 0 Å². The number of hydrogen-bond acceptors (Lipinski definition) is 6. The van der Waals surface area contributed by atoms with Crippen LogP contribution in [0.5, 0.6) is 11.5 Å². The number of hydrogen-bond donors (Lipinski definition) is 0. The average Bonchev–Trinajstić information content (AvgIpc) is 3.13. The Morgan fingerprint density at radius 1 is 0.636 bits per heavy atom. The van der Waals surface area contributed by atoms with Crippen molar-refractivity contribution in [1.82, 2.24) is 0 Å². The Balaban J connectivity index is 1.57. The summed E-state index contributed by atoms with van der Waals surface area (Å²) in [7, 11) is 7.76. The van der Waals surface area contributed by atoms with Gasteiger partial charge in [0.05, 0.1) is 0 Å². The van der Waals surface area contributed by atoms with Crippen LogP contribution in [0.3, 0.4) is 0 Å². The summed E-state index contributed by atoms with van der Waals surface area (Å²) in [4.78, 5) is -2.89. The van der Waals surface area contributed by atoms with Gasteiger partial charge in [-0.2, -0.15) is 0 Å². The van der Waals surface area contributed by atoms with Crippen molar-refractivity contribution in [3.8, 4) is 11.5 Å². The third-order valence-corrected chi connectivity index (χ3v) is 58.4. The molecule has 118 valence electrons. The van der Waals surface area contributed by atoms with E-state index in [0.29, 0.717) is 0 Å². The molecule has 2 aromatic carbocycles. The first-order chi connectivity index (χ1) is 10.7. The SMILES string of the molecule is COc1ccc([PH]23SS[PH](c4ccc(OC)cc4)(S2)S3)cc1. The molecule has 0 aliphatic carbocycles. The first-order valence-electron chi connectivity index (χ1n) is 6.76. The van der Waals surface area contributed by atoms with E-state index in [-0.39, 0.29) is 0 Å². The molecule has 3 fully saturated rings. The van der Waals surface area contributed by atoms with Crippen LogP contribution in [0.25, 0.3) is 0 Å². The summed E-state index contributed by atoms with van der Waals surface area (Å²) in [5.74, 6) is 1.88. The Bertz CT molecular complexity index is 627. The van der Waals surface area contributed by atoms with Crippen LogP contribution in [-0.4, -0.2) is 14.2 Å². The van der Waals surface area contributed by atoms with Gasteiger partial charge in [0.1, 0.15) is 0 Å². The van der Waals surface area contributed by atoms with Gasteiger partial charge < -0.3 is 0 Å². The Kier molecular flexibility index (Phi) is 4.30. The Morgan fingerprint density at radius 2 is 1.00 bits per heavy atom. The maximum absolute atomic E-state index is 5.28. The van der Waals surface area contributed by atoms with E-state index >= 15 is 0 Å². The minimum absolute atomic E-state index is 0.942. The second-order valence-corrected chi connectivity index (χ2v) is 33.6. The molecule has 0 amide bonds. The summed E-state index contributed by atoms with van der Waals surface area (Å²) >= 11 is 4.62. The Labute approximate surface area is 146 Å². The summed E-state index contributed by atoms with van der Waals surface area (Å²) in [6.07, 6.45) is 0. The van der Waals surface area contributed by atoms with Gasteiger partial charge in [0.2, 0.25) is 0 Å². The number of rotatable bonds is 4. The van der Waals surface area contributed by atoms with Gasteiger partial charge >= 0.3 is 147 Å².